The van der Waals surface area contributed by atoms with E-state index in [1.54, 1.807) is 18.6 Å². The third-order valence-electron chi connectivity index (χ3n) is 4.18. The van der Waals surface area contributed by atoms with Gasteiger partial charge in [-0.05, 0) is 31.9 Å². The van der Waals surface area contributed by atoms with Crippen LogP contribution in [0.15, 0.2) is 37.1 Å². The van der Waals surface area contributed by atoms with Crippen LogP contribution in [0.4, 0.5) is 5.82 Å². The fraction of sp³-hybridized carbons (Fsp3) is 0.438. The minimum absolute atomic E-state index is 0.137. The normalized spacial score (nSPS) is 16.8. The van der Waals surface area contributed by atoms with Crippen LogP contribution in [0.5, 0.6) is 0 Å². The molecular weight excluding hydrogens is 292 g/mol. The lowest BCUT2D eigenvalue weighted by molar-refractivity contribution is -0.133. The first-order valence-corrected chi connectivity index (χ1v) is 7.82. The number of amides is 1. The molecule has 3 heterocycles. The van der Waals surface area contributed by atoms with Crippen LogP contribution >= 0.6 is 0 Å². The number of rotatable bonds is 4. The predicted molar refractivity (Wildman–Crippen MR) is 85.7 cm³/mol. The molecular formula is C16H20N6O. The lowest BCUT2D eigenvalue weighted by Crippen LogP contribution is -2.44. The summed E-state index contributed by atoms with van der Waals surface area (Å²) in [6.07, 6.45) is 8.35. The molecule has 1 atom stereocenters. The SMILES string of the molecule is CC(C(=O)N1CCC(Nc2cccnn2)CC1)c1cncnc1. The first kappa shape index (κ1) is 15.3. The highest BCUT2D eigenvalue weighted by atomic mass is 16.2. The van der Waals surface area contributed by atoms with Crippen molar-refractivity contribution >= 4 is 11.7 Å². The molecule has 1 fully saturated rings. The van der Waals surface area contributed by atoms with Crippen molar-refractivity contribution in [1.29, 1.82) is 0 Å². The molecule has 0 saturated carbocycles. The molecule has 1 unspecified atom stereocenters. The molecule has 1 amide bonds. The van der Waals surface area contributed by atoms with E-state index in [2.05, 4.69) is 25.5 Å². The van der Waals surface area contributed by atoms with Crippen molar-refractivity contribution in [2.24, 2.45) is 0 Å². The third kappa shape index (κ3) is 3.80. The molecule has 0 aromatic carbocycles. The molecule has 0 bridgehead atoms. The minimum atomic E-state index is -0.208. The van der Waals surface area contributed by atoms with E-state index in [1.807, 2.05) is 24.0 Å². The van der Waals surface area contributed by atoms with E-state index in [4.69, 9.17) is 0 Å². The highest BCUT2D eigenvalue weighted by Gasteiger charge is 2.27. The van der Waals surface area contributed by atoms with Crippen LogP contribution in [-0.4, -0.2) is 50.1 Å². The molecule has 0 aliphatic carbocycles. The summed E-state index contributed by atoms with van der Waals surface area (Å²) in [5.74, 6) is 0.713. The van der Waals surface area contributed by atoms with Crippen molar-refractivity contribution in [3.05, 3.63) is 42.6 Å². The second kappa shape index (κ2) is 7.13. The van der Waals surface area contributed by atoms with Crippen LogP contribution in [0.2, 0.25) is 0 Å². The van der Waals surface area contributed by atoms with Crippen molar-refractivity contribution in [3.8, 4) is 0 Å². The number of hydrogen-bond acceptors (Lipinski definition) is 6. The van der Waals surface area contributed by atoms with Gasteiger partial charge in [-0.2, -0.15) is 5.10 Å². The second-order valence-electron chi connectivity index (χ2n) is 5.75. The third-order valence-corrected chi connectivity index (χ3v) is 4.18. The Morgan fingerprint density at radius 2 is 2.04 bits per heavy atom. The van der Waals surface area contributed by atoms with Gasteiger partial charge in [0.15, 0.2) is 0 Å². The summed E-state index contributed by atoms with van der Waals surface area (Å²) in [4.78, 5) is 22.5. The molecule has 1 N–H and O–H groups in total. The quantitative estimate of drug-likeness (QED) is 0.920. The maximum Gasteiger partial charge on any atom is 0.229 e. The van der Waals surface area contributed by atoms with Crippen molar-refractivity contribution in [3.63, 3.8) is 0 Å². The standard InChI is InChI=1S/C16H20N6O/c1-12(13-9-17-11-18-10-13)16(23)22-7-4-14(5-8-22)20-15-3-2-6-19-21-15/h2-3,6,9-12,14H,4-5,7-8H2,1H3,(H,20,21). The molecule has 1 aliphatic heterocycles. The number of nitrogens with zero attached hydrogens (tertiary/aromatic N) is 5. The Morgan fingerprint density at radius 3 is 2.70 bits per heavy atom. The average molecular weight is 312 g/mol. The molecule has 2 aromatic heterocycles. The number of anilines is 1. The summed E-state index contributed by atoms with van der Waals surface area (Å²) in [6, 6.07) is 4.09. The van der Waals surface area contributed by atoms with Crippen LogP contribution in [0.25, 0.3) is 0 Å². The van der Waals surface area contributed by atoms with E-state index in [0.717, 1.165) is 37.3 Å². The number of piperidine rings is 1. The Balaban J connectivity index is 1.53. The number of likely N-dealkylation sites (tertiary alicyclic amines) is 1. The van der Waals surface area contributed by atoms with E-state index in [9.17, 15) is 4.79 Å². The van der Waals surface area contributed by atoms with Gasteiger partial charge in [0.1, 0.15) is 12.1 Å². The van der Waals surface area contributed by atoms with E-state index in [0.29, 0.717) is 6.04 Å². The van der Waals surface area contributed by atoms with Gasteiger partial charge in [-0.15, -0.1) is 5.10 Å². The van der Waals surface area contributed by atoms with Crippen LogP contribution < -0.4 is 5.32 Å². The van der Waals surface area contributed by atoms with Crippen molar-refractivity contribution < 1.29 is 4.79 Å². The number of hydrogen-bond donors (Lipinski definition) is 1. The van der Waals surface area contributed by atoms with Gasteiger partial charge >= 0.3 is 0 Å². The molecule has 7 heteroatoms. The van der Waals surface area contributed by atoms with Crippen LogP contribution in [-0.2, 0) is 4.79 Å². The zero-order valence-electron chi connectivity index (χ0n) is 13.1. The van der Waals surface area contributed by atoms with E-state index in [1.165, 1.54) is 6.33 Å². The highest BCUT2D eigenvalue weighted by molar-refractivity contribution is 5.83. The maximum atomic E-state index is 12.6. The summed E-state index contributed by atoms with van der Waals surface area (Å²) < 4.78 is 0. The Labute approximate surface area is 135 Å². The monoisotopic (exact) mass is 312 g/mol. The molecule has 0 spiro atoms. The van der Waals surface area contributed by atoms with Gasteiger partial charge < -0.3 is 10.2 Å². The van der Waals surface area contributed by atoms with Gasteiger partial charge in [0, 0.05) is 43.3 Å². The number of carbonyl (C=O) groups excluding carboxylic acids is 1. The number of aromatic nitrogens is 4. The topological polar surface area (TPSA) is 83.9 Å². The molecule has 7 nitrogen and oxygen atoms in total. The Morgan fingerprint density at radius 1 is 1.30 bits per heavy atom. The fourth-order valence-corrected chi connectivity index (χ4v) is 2.78. The molecule has 2 aromatic rings. The Bertz CT molecular complexity index is 628. The Kier molecular flexibility index (Phi) is 4.75. The fourth-order valence-electron chi connectivity index (χ4n) is 2.78. The number of nitrogens with one attached hydrogen (secondary N) is 1. The van der Waals surface area contributed by atoms with E-state index < -0.39 is 0 Å². The van der Waals surface area contributed by atoms with E-state index in [-0.39, 0.29) is 11.8 Å². The smallest absolute Gasteiger partial charge is 0.229 e. The molecule has 23 heavy (non-hydrogen) atoms. The highest BCUT2D eigenvalue weighted by Crippen LogP contribution is 2.20. The lowest BCUT2D eigenvalue weighted by atomic mass is 9.99. The first-order valence-electron chi connectivity index (χ1n) is 7.82. The van der Waals surface area contributed by atoms with Gasteiger partial charge in [-0.25, -0.2) is 9.97 Å². The zero-order valence-corrected chi connectivity index (χ0v) is 13.1. The van der Waals surface area contributed by atoms with E-state index >= 15 is 0 Å². The molecule has 1 saturated heterocycles. The second-order valence-corrected chi connectivity index (χ2v) is 5.75. The molecule has 1 aliphatic rings. The van der Waals surface area contributed by atoms with Crippen molar-refractivity contribution in [1.82, 2.24) is 25.1 Å². The van der Waals surface area contributed by atoms with Gasteiger partial charge in [-0.1, -0.05) is 0 Å². The minimum Gasteiger partial charge on any atom is -0.366 e. The summed E-state index contributed by atoms with van der Waals surface area (Å²) in [7, 11) is 0. The van der Waals surface area contributed by atoms with Crippen LogP contribution in [0.3, 0.4) is 0 Å². The summed E-state index contributed by atoms with van der Waals surface area (Å²) in [5.41, 5.74) is 0.859. The number of carbonyl (C=O) groups is 1. The van der Waals surface area contributed by atoms with Gasteiger partial charge in [0.2, 0.25) is 5.91 Å². The summed E-state index contributed by atoms with van der Waals surface area (Å²) >= 11 is 0. The van der Waals surface area contributed by atoms with Gasteiger partial charge in [0.25, 0.3) is 0 Å². The van der Waals surface area contributed by atoms with Crippen molar-refractivity contribution in [2.45, 2.75) is 31.7 Å². The van der Waals surface area contributed by atoms with Gasteiger partial charge in [0.05, 0.1) is 5.92 Å². The predicted octanol–water partition coefficient (Wildman–Crippen LogP) is 1.47. The molecule has 120 valence electrons. The first-order chi connectivity index (χ1) is 11.2. The van der Waals surface area contributed by atoms with Crippen LogP contribution in [0.1, 0.15) is 31.2 Å². The Hall–Kier alpha value is -2.57. The lowest BCUT2D eigenvalue weighted by Gasteiger charge is -2.34. The van der Waals surface area contributed by atoms with Crippen molar-refractivity contribution in [2.75, 3.05) is 18.4 Å². The largest absolute Gasteiger partial charge is 0.366 e. The average Bonchev–Trinajstić information content (AvgIpc) is 2.63. The summed E-state index contributed by atoms with van der Waals surface area (Å²) in [5, 5.41) is 11.3. The maximum absolute atomic E-state index is 12.6. The van der Waals surface area contributed by atoms with Crippen LogP contribution in [0, 0.1) is 0 Å². The zero-order chi connectivity index (χ0) is 16.1. The molecule has 0 radical (unpaired) electrons. The van der Waals surface area contributed by atoms with Gasteiger partial charge in [-0.3, -0.25) is 4.79 Å². The molecule has 3 rings (SSSR count). The summed E-state index contributed by atoms with van der Waals surface area (Å²) in [6.45, 7) is 3.40.